The fourth-order valence-corrected chi connectivity index (χ4v) is 4.37. The van der Waals surface area contributed by atoms with Crippen LogP contribution in [-0.4, -0.2) is 55.3 Å². The number of carbonyl (C=O) groups is 1. The molecule has 2 aliphatic rings. The van der Waals surface area contributed by atoms with Crippen LogP contribution in [0.15, 0.2) is 29.1 Å². The minimum Gasteiger partial charge on any atom is -0.381 e. The van der Waals surface area contributed by atoms with Crippen LogP contribution in [0.4, 0.5) is 0 Å². The molecule has 9 nitrogen and oxygen atoms in total. The molecule has 0 unspecified atom stereocenters. The number of H-pyrrole nitrogens is 1. The zero-order valence-corrected chi connectivity index (χ0v) is 16.2. The number of fused-ring (bicyclic) bond motifs is 2. The van der Waals surface area contributed by atoms with E-state index in [-0.39, 0.29) is 17.6 Å². The Labute approximate surface area is 166 Å². The normalized spacial score (nSPS) is 20.0. The van der Waals surface area contributed by atoms with E-state index in [4.69, 9.17) is 4.74 Å². The predicted octanol–water partition coefficient (Wildman–Crippen LogP) is 1.63. The number of carbonyl (C=O) groups excluding carboxylic acids is 1. The number of benzene rings is 1. The summed E-state index contributed by atoms with van der Waals surface area (Å²) in [6.45, 7) is 4.42. The van der Waals surface area contributed by atoms with Gasteiger partial charge in [0.15, 0.2) is 5.82 Å². The van der Waals surface area contributed by atoms with E-state index in [1.165, 1.54) is 0 Å². The number of nitrogens with one attached hydrogen (secondary N) is 1. The smallest absolute Gasteiger partial charge is 0.346 e. The molecule has 1 fully saturated rings. The maximum Gasteiger partial charge on any atom is 0.346 e. The van der Waals surface area contributed by atoms with Gasteiger partial charge in [-0.1, -0.05) is 18.2 Å². The number of hydrogen-bond donors (Lipinski definition) is 1. The van der Waals surface area contributed by atoms with Crippen LogP contribution in [0.2, 0.25) is 0 Å². The van der Waals surface area contributed by atoms with E-state index in [1.54, 1.807) is 17.0 Å². The maximum absolute atomic E-state index is 13.3. The molecular weight excluding hydrogens is 372 g/mol. The van der Waals surface area contributed by atoms with Crippen LogP contribution in [0.5, 0.6) is 0 Å². The van der Waals surface area contributed by atoms with Crippen LogP contribution in [-0.2, 0) is 11.3 Å². The number of ether oxygens (including phenoxy) is 1. The monoisotopic (exact) mass is 394 g/mol. The SMILES string of the molecule is C[C@H]1CN(C(=O)c2nc(=O)[nH]c3ccccc23)Cc2nnc(C3CCOCC3)n21. The second kappa shape index (κ2) is 7.07. The molecule has 0 radical (unpaired) electrons. The van der Waals surface area contributed by atoms with Crippen molar-refractivity contribution in [1.82, 2.24) is 29.6 Å². The van der Waals surface area contributed by atoms with Crippen molar-refractivity contribution >= 4 is 16.8 Å². The fourth-order valence-electron chi connectivity index (χ4n) is 4.37. The third kappa shape index (κ3) is 3.11. The van der Waals surface area contributed by atoms with E-state index in [9.17, 15) is 9.59 Å². The number of hydrogen-bond acceptors (Lipinski definition) is 6. The van der Waals surface area contributed by atoms with Crippen LogP contribution in [0.25, 0.3) is 10.9 Å². The fraction of sp³-hybridized carbons (Fsp3) is 0.450. The average Bonchev–Trinajstić information content (AvgIpc) is 3.18. The molecule has 1 amide bonds. The molecule has 2 aromatic heterocycles. The quantitative estimate of drug-likeness (QED) is 0.708. The van der Waals surface area contributed by atoms with Gasteiger partial charge in [-0.3, -0.25) is 4.79 Å². The highest BCUT2D eigenvalue weighted by Crippen LogP contribution is 2.31. The Hall–Kier alpha value is -3.07. The largest absolute Gasteiger partial charge is 0.381 e. The van der Waals surface area contributed by atoms with Gasteiger partial charge in [-0.25, -0.2) is 4.79 Å². The van der Waals surface area contributed by atoms with Crippen LogP contribution in [0.1, 0.15) is 53.9 Å². The first-order valence-corrected chi connectivity index (χ1v) is 9.91. The predicted molar refractivity (Wildman–Crippen MR) is 105 cm³/mol. The zero-order chi connectivity index (χ0) is 20.0. The lowest BCUT2D eigenvalue weighted by molar-refractivity contribution is 0.0664. The highest BCUT2D eigenvalue weighted by atomic mass is 16.5. The van der Waals surface area contributed by atoms with E-state index in [2.05, 4.69) is 31.7 Å². The van der Waals surface area contributed by atoms with Gasteiger partial charge >= 0.3 is 5.69 Å². The maximum atomic E-state index is 13.3. The van der Waals surface area contributed by atoms with Gasteiger partial charge in [-0.2, -0.15) is 4.98 Å². The highest BCUT2D eigenvalue weighted by Gasteiger charge is 2.33. The standard InChI is InChI=1S/C20H22N6O3/c1-12-10-25(11-16-23-24-18(26(12)16)13-6-8-29-9-7-13)19(27)17-14-4-2-3-5-15(14)21-20(28)22-17/h2-5,12-13H,6-11H2,1H3,(H,21,22,28)/t12-/m0/s1. The summed E-state index contributed by atoms with van der Waals surface area (Å²) in [5.74, 6) is 1.84. The van der Waals surface area contributed by atoms with Crippen LogP contribution >= 0.6 is 0 Å². The third-order valence-corrected chi connectivity index (χ3v) is 5.76. The molecule has 1 saturated heterocycles. The van der Waals surface area contributed by atoms with Crippen LogP contribution in [0.3, 0.4) is 0 Å². The summed E-state index contributed by atoms with van der Waals surface area (Å²) in [4.78, 5) is 33.6. The molecule has 0 saturated carbocycles. The molecule has 5 rings (SSSR count). The summed E-state index contributed by atoms with van der Waals surface area (Å²) < 4.78 is 7.64. The van der Waals surface area contributed by atoms with Gasteiger partial charge in [0.25, 0.3) is 5.91 Å². The molecule has 2 aliphatic heterocycles. The van der Waals surface area contributed by atoms with Crippen molar-refractivity contribution in [3.63, 3.8) is 0 Å². The van der Waals surface area contributed by atoms with Crippen LogP contribution in [0, 0.1) is 0 Å². The molecule has 4 heterocycles. The molecule has 1 atom stereocenters. The van der Waals surface area contributed by atoms with Gasteiger partial charge in [-0.05, 0) is 25.8 Å². The summed E-state index contributed by atoms with van der Waals surface area (Å²) in [6.07, 6.45) is 1.88. The highest BCUT2D eigenvalue weighted by molar-refractivity contribution is 6.04. The Morgan fingerprint density at radius 1 is 1.21 bits per heavy atom. The Morgan fingerprint density at radius 2 is 2.00 bits per heavy atom. The van der Waals surface area contributed by atoms with Crippen molar-refractivity contribution in [3.8, 4) is 0 Å². The van der Waals surface area contributed by atoms with Gasteiger partial charge in [-0.15, -0.1) is 10.2 Å². The number of amides is 1. The van der Waals surface area contributed by atoms with Gasteiger partial charge in [0.1, 0.15) is 11.5 Å². The summed E-state index contributed by atoms with van der Waals surface area (Å²) in [5.41, 5.74) is 0.252. The minimum absolute atomic E-state index is 0.0452. The van der Waals surface area contributed by atoms with Crippen LogP contribution < -0.4 is 5.69 Å². The second-order valence-electron chi connectivity index (χ2n) is 7.70. The molecule has 29 heavy (non-hydrogen) atoms. The summed E-state index contributed by atoms with van der Waals surface area (Å²) in [6, 6.07) is 7.25. The summed E-state index contributed by atoms with van der Waals surface area (Å²) in [7, 11) is 0. The molecule has 0 bridgehead atoms. The molecule has 9 heteroatoms. The van der Waals surface area contributed by atoms with Crippen molar-refractivity contribution in [1.29, 1.82) is 0 Å². The number of aromatic nitrogens is 5. The lowest BCUT2D eigenvalue weighted by Gasteiger charge is -2.34. The van der Waals surface area contributed by atoms with E-state index in [1.807, 2.05) is 12.1 Å². The summed E-state index contributed by atoms with van der Waals surface area (Å²) in [5, 5.41) is 9.47. The number of nitrogens with zero attached hydrogens (tertiary/aromatic N) is 5. The van der Waals surface area contributed by atoms with Gasteiger partial charge in [0.2, 0.25) is 0 Å². The Morgan fingerprint density at radius 3 is 2.83 bits per heavy atom. The second-order valence-corrected chi connectivity index (χ2v) is 7.70. The minimum atomic E-state index is -0.526. The molecule has 0 aliphatic carbocycles. The van der Waals surface area contributed by atoms with E-state index < -0.39 is 5.69 Å². The number of rotatable bonds is 2. The van der Waals surface area contributed by atoms with E-state index >= 15 is 0 Å². The van der Waals surface area contributed by atoms with Gasteiger partial charge in [0, 0.05) is 31.1 Å². The molecule has 1 N–H and O–H groups in total. The van der Waals surface area contributed by atoms with E-state index in [0.29, 0.717) is 29.9 Å². The van der Waals surface area contributed by atoms with Gasteiger partial charge < -0.3 is 19.2 Å². The lowest BCUT2D eigenvalue weighted by Crippen LogP contribution is -2.42. The lowest BCUT2D eigenvalue weighted by atomic mass is 9.98. The van der Waals surface area contributed by atoms with Crippen molar-refractivity contribution in [3.05, 3.63) is 52.1 Å². The van der Waals surface area contributed by atoms with Crippen molar-refractivity contribution in [2.45, 2.75) is 38.3 Å². The Balaban J connectivity index is 1.47. The molecule has 150 valence electrons. The van der Waals surface area contributed by atoms with Crippen molar-refractivity contribution in [2.75, 3.05) is 19.8 Å². The average molecular weight is 394 g/mol. The van der Waals surface area contributed by atoms with Gasteiger partial charge in [0.05, 0.1) is 18.1 Å². The Bertz CT molecular complexity index is 1130. The molecule has 0 spiro atoms. The van der Waals surface area contributed by atoms with E-state index in [0.717, 1.165) is 37.7 Å². The van der Waals surface area contributed by atoms with Crippen molar-refractivity contribution in [2.24, 2.45) is 0 Å². The Kier molecular flexibility index (Phi) is 4.39. The number of para-hydroxylation sites is 1. The topological polar surface area (TPSA) is 106 Å². The summed E-state index contributed by atoms with van der Waals surface area (Å²) >= 11 is 0. The van der Waals surface area contributed by atoms with Crippen molar-refractivity contribution < 1.29 is 9.53 Å². The molecule has 3 aromatic rings. The number of aromatic amines is 1. The first kappa shape index (κ1) is 18.0. The first-order valence-electron chi connectivity index (χ1n) is 9.91. The zero-order valence-electron chi connectivity index (χ0n) is 16.2. The first-order chi connectivity index (χ1) is 14.1. The third-order valence-electron chi connectivity index (χ3n) is 5.76. The molecule has 1 aromatic carbocycles. The molecular formula is C20H22N6O3.